The number of para-hydroxylation sites is 1. The van der Waals surface area contributed by atoms with Gasteiger partial charge in [0.15, 0.2) is 0 Å². The third kappa shape index (κ3) is 5.16. The van der Waals surface area contributed by atoms with Crippen LogP contribution in [0.1, 0.15) is 30.9 Å². The number of amides is 1. The highest BCUT2D eigenvalue weighted by atomic mass is 32.2. The second kappa shape index (κ2) is 11.5. The zero-order valence-corrected chi connectivity index (χ0v) is 22.4. The Morgan fingerprint density at radius 2 is 1.79 bits per heavy atom. The number of pyridine rings is 1. The molecule has 1 aromatic heterocycles. The van der Waals surface area contributed by atoms with Gasteiger partial charge >= 0.3 is 0 Å². The van der Waals surface area contributed by atoms with Gasteiger partial charge in [-0.05, 0) is 54.7 Å². The van der Waals surface area contributed by atoms with Gasteiger partial charge in [0, 0.05) is 23.4 Å². The van der Waals surface area contributed by atoms with E-state index >= 15 is 0 Å². The molecule has 0 saturated heterocycles. The SMILES string of the molecule is CCC(Sc1nc(-c2ccccc2)cc(-c2ccc(OC)cc2)c1C#N)C(=O)N1CCCc2ccccc21. The molecule has 1 atom stereocenters. The quantitative estimate of drug-likeness (QED) is 0.243. The van der Waals surface area contributed by atoms with E-state index < -0.39 is 0 Å². The molecule has 3 aromatic carbocycles. The van der Waals surface area contributed by atoms with Crippen molar-refractivity contribution < 1.29 is 9.53 Å². The number of rotatable bonds is 7. The van der Waals surface area contributed by atoms with Crippen LogP contribution < -0.4 is 9.64 Å². The van der Waals surface area contributed by atoms with Crippen molar-refractivity contribution in [2.24, 2.45) is 0 Å². The number of ether oxygens (including phenoxy) is 1. The fourth-order valence-electron chi connectivity index (χ4n) is 4.85. The van der Waals surface area contributed by atoms with Crippen LogP contribution in [0.25, 0.3) is 22.4 Å². The molecule has 1 amide bonds. The summed E-state index contributed by atoms with van der Waals surface area (Å²) in [7, 11) is 1.63. The highest BCUT2D eigenvalue weighted by molar-refractivity contribution is 8.00. The van der Waals surface area contributed by atoms with Crippen molar-refractivity contribution in [1.29, 1.82) is 5.26 Å². The first-order valence-corrected chi connectivity index (χ1v) is 13.7. The minimum absolute atomic E-state index is 0.0615. The number of fused-ring (bicyclic) bond motifs is 1. The lowest BCUT2D eigenvalue weighted by molar-refractivity contribution is -0.118. The van der Waals surface area contributed by atoms with Crippen molar-refractivity contribution in [3.8, 4) is 34.2 Å². The number of nitrogens with zero attached hydrogens (tertiary/aromatic N) is 3. The molecule has 5 rings (SSSR count). The zero-order chi connectivity index (χ0) is 26.5. The number of hydrogen-bond acceptors (Lipinski definition) is 5. The maximum atomic E-state index is 13.9. The number of nitriles is 1. The Kier molecular flexibility index (Phi) is 7.76. The number of carbonyl (C=O) groups is 1. The van der Waals surface area contributed by atoms with Crippen LogP contribution in [0.5, 0.6) is 5.75 Å². The van der Waals surface area contributed by atoms with Gasteiger partial charge in [0.05, 0.1) is 23.6 Å². The molecule has 0 N–H and O–H groups in total. The van der Waals surface area contributed by atoms with Crippen molar-refractivity contribution >= 4 is 23.4 Å². The van der Waals surface area contributed by atoms with Crippen LogP contribution in [0.2, 0.25) is 0 Å². The molecular weight excluding hydrogens is 490 g/mol. The first kappa shape index (κ1) is 25.6. The summed E-state index contributed by atoms with van der Waals surface area (Å²) in [5.41, 5.74) is 6.08. The van der Waals surface area contributed by atoms with E-state index in [2.05, 4.69) is 12.1 Å². The van der Waals surface area contributed by atoms with E-state index in [1.165, 1.54) is 17.3 Å². The number of hydrogen-bond donors (Lipinski definition) is 0. The Labute approximate surface area is 228 Å². The van der Waals surface area contributed by atoms with E-state index in [1.807, 2.05) is 90.7 Å². The van der Waals surface area contributed by atoms with Crippen LogP contribution in [-0.2, 0) is 11.2 Å². The summed E-state index contributed by atoms with van der Waals surface area (Å²) in [4.78, 5) is 20.7. The molecule has 2 heterocycles. The molecule has 6 heteroatoms. The van der Waals surface area contributed by atoms with E-state index in [9.17, 15) is 10.1 Å². The molecule has 5 nitrogen and oxygen atoms in total. The van der Waals surface area contributed by atoms with E-state index in [4.69, 9.17) is 9.72 Å². The second-order valence-corrected chi connectivity index (χ2v) is 10.4. The number of thioether (sulfide) groups is 1. The summed E-state index contributed by atoms with van der Waals surface area (Å²) in [5.74, 6) is 0.809. The summed E-state index contributed by atoms with van der Waals surface area (Å²) in [6.07, 6.45) is 2.55. The molecule has 0 spiro atoms. The van der Waals surface area contributed by atoms with Gasteiger partial charge in [-0.1, -0.05) is 79.3 Å². The normalized spacial score (nSPS) is 13.3. The molecule has 38 heavy (non-hydrogen) atoms. The van der Waals surface area contributed by atoms with Gasteiger partial charge in [0.1, 0.15) is 16.8 Å². The van der Waals surface area contributed by atoms with E-state index in [0.29, 0.717) is 23.6 Å². The second-order valence-electron chi connectivity index (χ2n) is 9.18. The molecule has 0 saturated carbocycles. The molecule has 0 bridgehead atoms. The fraction of sp³-hybridized carbons (Fsp3) is 0.219. The molecule has 0 fully saturated rings. The standard InChI is InChI=1S/C32H29N3O2S/c1-3-30(32(36)35-19-9-13-24-12-7-8-14-29(24)35)38-31-27(21-33)26(22-15-17-25(37-2)18-16-22)20-28(34-31)23-10-5-4-6-11-23/h4-8,10-12,14-18,20,30H,3,9,13,19H2,1-2H3. The Morgan fingerprint density at radius 3 is 2.50 bits per heavy atom. The van der Waals surface area contributed by atoms with Crippen molar-refractivity contribution in [3.63, 3.8) is 0 Å². The summed E-state index contributed by atoms with van der Waals surface area (Å²) >= 11 is 1.39. The van der Waals surface area contributed by atoms with E-state index in [1.54, 1.807) is 7.11 Å². The van der Waals surface area contributed by atoms with E-state index in [-0.39, 0.29) is 11.2 Å². The lowest BCUT2D eigenvalue weighted by Crippen LogP contribution is -2.40. The molecule has 190 valence electrons. The van der Waals surface area contributed by atoms with Gasteiger partial charge in [-0.3, -0.25) is 4.79 Å². The van der Waals surface area contributed by atoms with E-state index in [0.717, 1.165) is 46.7 Å². The minimum Gasteiger partial charge on any atom is -0.497 e. The number of benzene rings is 3. The Hall–Kier alpha value is -4.08. The van der Waals surface area contributed by atoms with Gasteiger partial charge in [0.25, 0.3) is 0 Å². The number of anilines is 1. The Balaban J connectivity index is 1.57. The zero-order valence-electron chi connectivity index (χ0n) is 21.6. The highest BCUT2D eigenvalue weighted by Crippen LogP contribution is 2.38. The monoisotopic (exact) mass is 519 g/mol. The number of carbonyl (C=O) groups excluding carboxylic acids is 1. The van der Waals surface area contributed by atoms with Crippen molar-refractivity contribution in [3.05, 3.63) is 96.1 Å². The smallest absolute Gasteiger partial charge is 0.240 e. The molecule has 1 aliphatic heterocycles. The summed E-state index contributed by atoms with van der Waals surface area (Å²) in [6.45, 7) is 2.72. The van der Waals surface area contributed by atoms with Gasteiger partial charge in [-0.15, -0.1) is 0 Å². The van der Waals surface area contributed by atoms with Crippen LogP contribution in [0.15, 0.2) is 90.0 Å². The lowest BCUT2D eigenvalue weighted by atomic mass is 9.99. The predicted molar refractivity (Wildman–Crippen MR) is 153 cm³/mol. The summed E-state index contributed by atoms with van der Waals surface area (Å²) in [5, 5.41) is 10.5. The number of aryl methyl sites for hydroxylation is 1. The highest BCUT2D eigenvalue weighted by Gasteiger charge is 2.30. The molecule has 1 unspecified atom stereocenters. The number of methoxy groups -OCH3 is 1. The third-order valence-corrected chi connectivity index (χ3v) is 8.18. The lowest BCUT2D eigenvalue weighted by Gasteiger charge is -2.32. The van der Waals surface area contributed by atoms with Crippen LogP contribution in [0.4, 0.5) is 5.69 Å². The van der Waals surface area contributed by atoms with Crippen molar-refractivity contribution in [1.82, 2.24) is 4.98 Å². The Morgan fingerprint density at radius 1 is 1.05 bits per heavy atom. The molecule has 4 aromatic rings. The van der Waals surface area contributed by atoms with Crippen molar-refractivity contribution in [2.75, 3.05) is 18.6 Å². The average molecular weight is 520 g/mol. The van der Waals surface area contributed by atoms with Crippen LogP contribution in [0, 0.1) is 11.3 Å². The predicted octanol–water partition coefficient (Wildman–Crippen LogP) is 7.15. The first-order chi connectivity index (χ1) is 18.6. The Bertz CT molecular complexity index is 1480. The average Bonchev–Trinajstić information content (AvgIpc) is 2.99. The van der Waals surface area contributed by atoms with Gasteiger partial charge in [-0.25, -0.2) is 4.98 Å². The van der Waals surface area contributed by atoms with Crippen molar-refractivity contribution in [2.45, 2.75) is 36.5 Å². The minimum atomic E-state index is -0.365. The maximum Gasteiger partial charge on any atom is 0.240 e. The van der Waals surface area contributed by atoms with Crippen LogP contribution >= 0.6 is 11.8 Å². The molecule has 0 radical (unpaired) electrons. The number of aromatic nitrogens is 1. The molecule has 1 aliphatic rings. The van der Waals surface area contributed by atoms with Crippen LogP contribution in [-0.4, -0.2) is 29.8 Å². The summed E-state index contributed by atoms with van der Waals surface area (Å²) < 4.78 is 5.33. The third-order valence-electron chi connectivity index (χ3n) is 6.85. The molecule has 0 aliphatic carbocycles. The van der Waals surface area contributed by atoms with Gasteiger partial charge in [0.2, 0.25) is 5.91 Å². The van der Waals surface area contributed by atoms with Crippen LogP contribution in [0.3, 0.4) is 0 Å². The largest absolute Gasteiger partial charge is 0.497 e. The first-order valence-electron chi connectivity index (χ1n) is 12.8. The topological polar surface area (TPSA) is 66.2 Å². The summed E-state index contributed by atoms with van der Waals surface area (Å²) in [6, 6.07) is 30.1. The van der Waals surface area contributed by atoms with Gasteiger partial charge < -0.3 is 9.64 Å². The maximum absolute atomic E-state index is 13.9. The van der Waals surface area contributed by atoms with Gasteiger partial charge in [-0.2, -0.15) is 5.26 Å². The fourth-order valence-corrected chi connectivity index (χ4v) is 5.94. The molecular formula is C32H29N3O2S.